The van der Waals surface area contributed by atoms with Crippen LogP contribution >= 0.6 is 0 Å². The molecule has 0 spiro atoms. The van der Waals surface area contributed by atoms with Crippen molar-refractivity contribution in [2.75, 3.05) is 18.4 Å². The summed E-state index contributed by atoms with van der Waals surface area (Å²) in [6.07, 6.45) is 1.58. The number of hydrogen-bond acceptors (Lipinski definition) is 3. The molecule has 0 saturated carbocycles. The van der Waals surface area contributed by atoms with Gasteiger partial charge in [-0.3, -0.25) is 4.79 Å². The number of nitrogens with zero attached hydrogens (tertiary/aromatic N) is 1. The number of benzene rings is 2. The van der Waals surface area contributed by atoms with Crippen molar-refractivity contribution in [2.45, 2.75) is 25.8 Å². The largest absolute Gasteiger partial charge is 0.459 e. The summed E-state index contributed by atoms with van der Waals surface area (Å²) in [4.78, 5) is 27.1. The minimum Gasteiger partial charge on any atom is -0.459 e. The quantitative estimate of drug-likeness (QED) is 0.685. The number of rotatable bonds is 4. The van der Waals surface area contributed by atoms with Gasteiger partial charge in [-0.2, -0.15) is 0 Å². The Morgan fingerprint density at radius 1 is 1.10 bits per heavy atom. The number of amides is 3. The highest BCUT2D eigenvalue weighted by Crippen LogP contribution is 2.25. The van der Waals surface area contributed by atoms with E-state index in [1.54, 1.807) is 4.90 Å². The molecule has 150 valence electrons. The van der Waals surface area contributed by atoms with Gasteiger partial charge in [-0.15, -0.1) is 0 Å². The van der Waals surface area contributed by atoms with Crippen molar-refractivity contribution in [3.63, 3.8) is 0 Å². The smallest absolute Gasteiger partial charge is 0.321 e. The minimum atomic E-state index is -0.233. The van der Waals surface area contributed by atoms with Crippen molar-refractivity contribution in [1.29, 1.82) is 0 Å². The van der Waals surface area contributed by atoms with Crippen LogP contribution in [-0.4, -0.2) is 29.9 Å². The number of furan rings is 1. The van der Waals surface area contributed by atoms with Gasteiger partial charge in [-0.05, 0) is 44.0 Å². The Bertz CT molecular complexity index is 966. The number of urea groups is 1. The zero-order valence-electron chi connectivity index (χ0n) is 16.4. The molecule has 0 radical (unpaired) electrons. The Morgan fingerprint density at radius 2 is 1.86 bits per heavy atom. The molecule has 29 heavy (non-hydrogen) atoms. The van der Waals surface area contributed by atoms with Crippen LogP contribution in [0.3, 0.4) is 0 Å². The van der Waals surface area contributed by atoms with Crippen LogP contribution in [0.25, 0.3) is 11.0 Å². The van der Waals surface area contributed by atoms with Crippen LogP contribution in [0.5, 0.6) is 0 Å². The van der Waals surface area contributed by atoms with Crippen molar-refractivity contribution in [3.8, 4) is 0 Å². The molecule has 1 saturated heterocycles. The normalized spacial score (nSPS) is 17.7. The first-order chi connectivity index (χ1) is 14.1. The predicted octanol–water partition coefficient (Wildman–Crippen LogP) is 4.55. The lowest BCUT2D eigenvalue weighted by Crippen LogP contribution is -2.47. The van der Waals surface area contributed by atoms with E-state index >= 15 is 0 Å². The summed E-state index contributed by atoms with van der Waals surface area (Å²) in [7, 11) is 0. The van der Waals surface area contributed by atoms with Crippen LogP contribution in [0.1, 0.15) is 31.6 Å². The van der Waals surface area contributed by atoms with Crippen molar-refractivity contribution < 1.29 is 14.0 Å². The minimum absolute atomic E-state index is 0.0461. The van der Waals surface area contributed by atoms with E-state index in [0.29, 0.717) is 13.1 Å². The Balaban J connectivity index is 1.36. The van der Waals surface area contributed by atoms with Gasteiger partial charge < -0.3 is 20.0 Å². The Hall–Kier alpha value is -3.28. The second kappa shape index (κ2) is 8.39. The monoisotopic (exact) mass is 391 g/mol. The molecule has 2 N–H and O–H groups in total. The molecule has 3 aromatic rings. The molecule has 2 atom stereocenters. The number of carbonyl (C=O) groups excluding carboxylic acids is 2. The Morgan fingerprint density at radius 3 is 2.66 bits per heavy atom. The highest BCUT2D eigenvalue weighted by molar-refractivity contribution is 5.90. The summed E-state index contributed by atoms with van der Waals surface area (Å²) >= 11 is 0. The van der Waals surface area contributed by atoms with Crippen LogP contribution in [0, 0.1) is 5.92 Å². The second-order valence-electron chi connectivity index (χ2n) is 7.50. The van der Waals surface area contributed by atoms with Gasteiger partial charge in [0.1, 0.15) is 11.3 Å². The highest BCUT2D eigenvalue weighted by Gasteiger charge is 2.29. The number of likely N-dealkylation sites (tertiary alicyclic amines) is 1. The van der Waals surface area contributed by atoms with Gasteiger partial charge in [0.15, 0.2) is 0 Å². The molecule has 6 nitrogen and oxygen atoms in total. The average Bonchev–Trinajstić information content (AvgIpc) is 3.19. The molecule has 6 heteroatoms. The fourth-order valence-corrected chi connectivity index (χ4v) is 3.72. The van der Waals surface area contributed by atoms with E-state index in [1.807, 2.05) is 67.6 Å². The first kappa shape index (κ1) is 19.1. The molecule has 3 amide bonds. The molecule has 4 rings (SSSR count). The molecule has 0 bridgehead atoms. The number of fused-ring (bicyclic) bond motifs is 1. The summed E-state index contributed by atoms with van der Waals surface area (Å²) in [6, 6.07) is 18.7. The molecule has 0 unspecified atom stereocenters. The third-order valence-corrected chi connectivity index (χ3v) is 5.33. The topological polar surface area (TPSA) is 74.6 Å². The summed E-state index contributed by atoms with van der Waals surface area (Å²) in [5.74, 6) is 0.460. The number of hydrogen-bond donors (Lipinski definition) is 2. The summed E-state index contributed by atoms with van der Waals surface area (Å²) in [5.41, 5.74) is 1.56. The molecular formula is C23H25N3O3. The van der Waals surface area contributed by atoms with Gasteiger partial charge in [0.05, 0.1) is 12.0 Å². The maximum Gasteiger partial charge on any atom is 0.321 e. The van der Waals surface area contributed by atoms with Gasteiger partial charge in [0, 0.05) is 24.2 Å². The number of nitrogens with one attached hydrogen (secondary N) is 2. The molecule has 0 aliphatic carbocycles. The predicted molar refractivity (Wildman–Crippen MR) is 113 cm³/mol. The van der Waals surface area contributed by atoms with Crippen LogP contribution in [0.15, 0.2) is 65.1 Å². The molecule has 1 aromatic heterocycles. The van der Waals surface area contributed by atoms with Crippen LogP contribution in [0.2, 0.25) is 0 Å². The van der Waals surface area contributed by atoms with Gasteiger partial charge in [-0.25, -0.2) is 4.79 Å². The van der Waals surface area contributed by atoms with Gasteiger partial charge in [-0.1, -0.05) is 36.4 Å². The summed E-state index contributed by atoms with van der Waals surface area (Å²) in [6.45, 7) is 2.98. The van der Waals surface area contributed by atoms with Crippen molar-refractivity contribution >= 4 is 28.6 Å². The lowest BCUT2D eigenvalue weighted by molar-refractivity contribution is -0.127. The lowest BCUT2D eigenvalue weighted by Gasteiger charge is -2.32. The summed E-state index contributed by atoms with van der Waals surface area (Å²) < 4.78 is 5.85. The number of para-hydroxylation sites is 2. The zero-order valence-corrected chi connectivity index (χ0v) is 16.4. The molecule has 1 aliphatic heterocycles. The molecular weight excluding hydrogens is 366 g/mol. The van der Waals surface area contributed by atoms with Crippen molar-refractivity contribution in [3.05, 3.63) is 66.4 Å². The maximum atomic E-state index is 12.8. The maximum absolute atomic E-state index is 12.8. The van der Waals surface area contributed by atoms with E-state index in [0.717, 1.165) is 35.3 Å². The van der Waals surface area contributed by atoms with E-state index in [2.05, 4.69) is 10.6 Å². The SMILES string of the molecule is C[C@H](NC(=O)[C@H]1CCCN(C(=O)Nc2ccccc2)C1)c1cc2ccccc2o1. The van der Waals surface area contributed by atoms with Crippen LogP contribution < -0.4 is 10.6 Å². The zero-order chi connectivity index (χ0) is 20.2. The van der Waals surface area contributed by atoms with Crippen LogP contribution in [-0.2, 0) is 4.79 Å². The first-order valence-electron chi connectivity index (χ1n) is 10.00. The Labute approximate surface area is 169 Å². The molecule has 2 aromatic carbocycles. The average molecular weight is 391 g/mol. The van der Waals surface area contributed by atoms with E-state index in [9.17, 15) is 9.59 Å². The Kier molecular flexibility index (Phi) is 5.51. The third-order valence-electron chi connectivity index (χ3n) is 5.33. The highest BCUT2D eigenvalue weighted by atomic mass is 16.3. The van der Waals surface area contributed by atoms with Crippen molar-refractivity contribution in [2.24, 2.45) is 5.92 Å². The fourth-order valence-electron chi connectivity index (χ4n) is 3.72. The molecule has 2 heterocycles. The van der Waals surface area contributed by atoms with E-state index in [4.69, 9.17) is 4.42 Å². The van der Waals surface area contributed by atoms with Crippen molar-refractivity contribution in [1.82, 2.24) is 10.2 Å². The third kappa shape index (κ3) is 4.42. The lowest BCUT2D eigenvalue weighted by atomic mass is 9.97. The van der Waals surface area contributed by atoms with Crippen LogP contribution in [0.4, 0.5) is 10.5 Å². The van der Waals surface area contributed by atoms with Gasteiger partial charge in [0.25, 0.3) is 0 Å². The fraction of sp³-hybridized carbons (Fsp3) is 0.304. The number of anilines is 1. The van der Waals surface area contributed by atoms with E-state index in [-0.39, 0.29) is 23.9 Å². The van der Waals surface area contributed by atoms with Gasteiger partial charge >= 0.3 is 6.03 Å². The van der Waals surface area contributed by atoms with E-state index in [1.165, 1.54) is 0 Å². The first-order valence-corrected chi connectivity index (χ1v) is 10.00. The standard InChI is InChI=1S/C23H25N3O3/c1-16(21-14-17-8-5-6-12-20(17)29-21)24-22(27)18-9-7-13-26(15-18)23(28)25-19-10-3-2-4-11-19/h2-6,8,10-12,14,16,18H,7,9,13,15H2,1H3,(H,24,27)(H,25,28)/t16-,18-/m0/s1. The van der Waals surface area contributed by atoms with Gasteiger partial charge in [0.2, 0.25) is 5.91 Å². The second-order valence-corrected chi connectivity index (χ2v) is 7.50. The molecule has 1 aliphatic rings. The number of piperidine rings is 1. The number of carbonyl (C=O) groups is 2. The summed E-state index contributed by atoms with van der Waals surface area (Å²) in [5, 5.41) is 6.96. The molecule has 1 fully saturated rings. The van der Waals surface area contributed by atoms with E-state index < -0.39 is 0 Å².